The van der Waals surface area contributed by atoms with Crippen molar-refractivity contribution in [3.8, 4) is 0 Å². The van der Waals surface area contributed by atoms with Gasteiger partial charge in [0.1, 0.15) is 23.5 Å². The summed E-state index contributed by atoms with van der Waals surface area (Å²) in [6, 6.07) is 2.57. The minimum Gasteiger partial charge on any atom is -0.356 e. The number of nitrogens with one attached hydrogen (secondary N) is 1. The van der Waals surface area contributed by atoms with Gasteiger partial charge in [-0.1, -0.05) is 0 Å². The molecule has 26 heavy (non-hydrogen) atoms. The number of nitrogens with zero attached hydrogens (tertiary/aromatic N) is 5. The zero-order valence-electron chi connectivity index (χ0n) is 14.2. The molecule has 1 saturated heterocycles. The van der Waals surface area contributed by atoms with E-state index in [0.29, 0.717) is 38.2 Å². The van der Waals surface area contributed by atoms with Crippen molar-refractivity contribution in [2.45, 2.75) is 38.5 Å². The van der Waals surface area contributed by atoms with Gasteiger partial charge in [0.25, 0.3) is 5.91 Å². The minimum atomic E-state index is -4.49. The number of aromatic nitrogens is 4. The molecule has 0 spiro atoms. The molecule has 0 saturated carbocycles. The van der Waals surface area contributed by atoms with Gasteiger partial charge in [-0.25, -0.2) is 9.97 Å². The molecule has 3 rings (SSSR count). The van der Waals surface area contributed by atoms with Gasteiger partial charge in [0.05, 0.1) is 0 Å². The van der Waals surface area contributed by atoms with E-state index < -0.39 is 11.9 Å². The van der Waals surface area contributed by atoms with Crippen LogP contribution in [0.2, 0.25) is 0 Å². The van der Waals surface area contributed by atoms with Crippen LogP contribution in [0, 0.1) is 0 Å². The molecule has 0 radical (unpaired) electrons. The third kappa shape index (κ3) is 4.12. The summed E-state index contributed by atoms with van der Waals surface area (Å²) in [5.41, 5.74) is -0.593. The molecule has 0 aliphatic carbocycles. The highest BCUT2D eigenvalue weighted by molar-refractivity contribution is 5.92. The number of hydrogen-bond donors (Lipinski definition) is 1. The van der Waals surface area contributed by atoms with E-state index in [1.807, 2.05) is 6.92 Å². The molecule has 1 amide bonds. The standard InChI is InChI=1S/C16H19F3N6O/c1-2-25-8-5-12(23-25)15(26)22-11-3-6-24(7-4-11)14-9-13(16(17,18)19)20-10-21-14/h5,8-11H,2-4,6-7H2,1H3,(H,22,26). The summed E-state index contributed by atoms with van der Waals surface area (Å²) in [4.78, 5) is 21.2. The number of anilines is 1. The van der Waals surface area contributed by atoms with Gasteiger partial charge < -0.3 is 10.2 Å². The first-order valence-corrected chi connectivity index (χ1v) is 8.35. The highest BCUT2D eigenvalue weighted by atomic mass is 19.4. The summed E-state index contributed by atoms with van der Waals surface area (Å²) < 4.78 is 40.0. The maximum absolute atomic E-state index is 12.8. The summed E-state index contributed by atoms with van der Waals surface area (Å²) in [6.45, 7) is 3.62. The second kappa shape index (κ2) is 7.30. The molecule has 0 atom stereocenters. The van der Waals surface area contributed by atoms with E-state index in [4.69, 9.17) is 0 Å². The molecule has 10 heteroatoms. The highest BCUT2D eigenvalue weighted by Crippen LogP contribution is 2.29. The third-order valence-electron chi connectivity index (χ3n) is 4.29. The summed E-state index contributed by atoms with van der Waals surface area (Å²) in [5.74, 6) is 0.0100. The normalized spacial score (nSPS) is 15.9. The van der Waals surface area contributed by atoms with Crippen molar-refractivity contribution >= 4 is 11.7 Å². The molecule has 2 aromatic heterocycles. The number of amides is 1. The number of carbonyl (C=O) groups is 1. The molecule has 0 unspecified atom stereocenters. The van der Waals surface area contributed by atoms with Crippen molar-refractivity contribution < 1.29 is 18.0 Å². The van der Waals surface area contributed by atoms with E-state index in [1.165, 1.54) is 0 Å². The first kappa shape index (κ1) is 18.2. The van der Waals surface area contributed by atoms with Gasteiger partial charge in [-0.3, -0.25) is 9.48 Å². The van der Waals surface area contributed by atoms with Gasteiger partial charge in [0, 0.05) is 37.9 Å². The Bertz CT molecular complexity index is 767. The quantitative estimate of drug-likeness (QED) is 0.895. The molecule has 1 aliphatic heterocycles. The van der Waals surface area contributed by atoms with Crippen molar-refractivity contribution in [2.75, 3.05) is 18.0 Å². The molecule has 0 bridgehead atoms. The van der Waals surface area contributed by atoms with Crippen LogP contribution in [0.5, 0.6) is 0 Å². The summed E-state index contributed by atoms with van der Waals surface area (Å²) in [7, 11) is 0. The Hall–Kier alpha value is -2.65. The van der Waals surface area contributed by atoms with Crippen LogP contribution in [-0.4, -0.2) is 44.8 Å². The Kier molecular flexibility index (Phi) is 5.10. The average molecular weight is 368 g/mol. The predicted octanol–water partition coefficient (Wildman–Crippen LogP) is 2.11. The molecule has 0 aromatic carbocycles. The molecule has 7 nitrogen and oxygen atoms in total. The average Bonchev–Trinajstić information content (AvgIpc) is 3.11. The van der Waals surface area contributed by atoms with Gasteiger partial charge in [-0.15, -0.1) is 0 Å². The summed E-state index contributed by atoms with van der Waals surface area (Å²) in [6.07, 6.45) is -0.593. The van der Waals surface area contributed by atoms with E-state index >= 15 is 0 Å². The molecule has 2 aromatic rings. The molecule has 3 heterocycles. The minimum absolute atomic E-state index is 0.0468. The fraction of sp³-hybridized carbons (Fsp3) is 0.500. The molecule has 1 aliphatic rings. The van der Waals surface area contributed by atoms with Crippen LogP contribution < -0.4 is 10.2 Å². The van der Waals surface area contributed by atoms with Crippen LogP contribution in [0.3, 0.4) is 0 Å². The lowest BCUT2D eigenvalue weighted by Crippen LogP contribution is -2.45. The lowest BCUT2D eigenvalue weighted by molar-refractivity contribution is -0.141. The first-order chi connectivity index (χ1) is 12.4. The molecule has 1 N–H and O–H groups in total. The number of hydrogen-bond acceptors (Lipinski definition) is 5. The Labute approximate surface area is 148 Å². The number of halogens is 3. The smallest absolute Gasteiger partial charge is 0.356 e. The molecular formula is C16H19F3N6O. The number of aryl methyl sites for hydroxylation is 1. The van der Waals surface area contributed by atoms with E-state index in [-0.39, 0.29) is 17.8 Å². The third-order valence-corrected chi connectivity index (χ3v) is 4.29. The van der Waals surface area contributed by atoms with Crippen molar-refractivity contribution in [1.82, 2.24) is 25.1 Å². The van der Waals surface area contributed by atoms with Gasteiger partial charge in [0.15, 0.2) is 0 Å². The lowest BCUT2D eigenvalue weighted by atomic mass is 10.0. The number of alkyl halides is 3. The van der Waals surface area contributed by atoms with Crippen LogP contribution in [-0.2, 0) is 12.7 Å². The fourth-order valence-electron chi connectivity index (χ4n) is 2.85. The Morgan fingerprint density at radius 2 is 2.04 bits per heavy atom. The van der Waals surface area contributed by atoms with E-state index in [0.717, 1.165) is 12.4 Å². The van der Waals surface area contributed by atoms with Gasteiger partial charge in [-0.05, 0) is 25.8 Å². The number of piperidine rings is 1. The lowest BCUT2D eigenvalue weighted by Gasteiger charge is -2.33. The summed E-state index contributed by atoms with van der Waals surface area (Å²) >= 11 is 0. The van der Waals surface area contributed by atoms with E-state index in [9.17, 15) is 18.0 Å². The van der Waals surface area contributed by atoms with Gasteiger partial charge in [0.2, 0.25) is 0 Å². The first-order valence-electron chi connectivity index (χ1n) is 8.35. The zero-order valence-corrected chi connectivity index (χ0v) is 14.2. The topological polar surface area (TPSA) is 75.9 Å². The maximum atomic E-state index is 12.8. The molecule has 140 valence electrons. The Morgan fingerprint density at radius 3 is 2.65 bits per heavy atom. The number of rotatable bonds is 4. The number of carbonyl (C=O) groups excluding carboxylic acids is 1. The SMILES string of the molecule is CCn1ccc(C(=O)NC2CCN(c3cc(C(F)(F)F)ncn3)CC2)n1. The van der Waals surface area contributed by atoms with Crippen LogP contribution in [0.4, 0.5) is 19.0 Å². The van der Waals surface area contributed by atoms with Crippen molar-refractivity contribution in [3.63, 3.8) is 0 Å². The highest BCUT2D eigenvalue weighted by Gasteiger charge is 2.33. The monoisotopic (exact) mass is 368 g/mol. The van der Waals surface area contributed by atoms with E-state index in [1.54, 1.807) is 21.8 Å². The van der Waals surface area contributed by atoms with Crippen LogP contribution >= 0.6 is 0 Å². The van der Waals surface area contributed by atoms with E-state index in [2.05, 4.69) is 20.4 Å². The largest absolute Gasteiger partial charge is 0.433 e. The fourth-order valence-corrected chi connectivity index (χ4v) is 2.85. The van der Waals surface area contributed by atoms with Crippen LogP contribution in [0.25, 0.3) is 0 Å². The van der Waals surface area contributed by atoms with Crippen molar-refractivity contribution in [1.29, 1.82) is 0 Å². The van der Waals surface area contributed by atoms with Crippen molar-refractivity contribution in [3.05, 3.63) is 36.0 Å². The zero-order chi connectivity index (χ0) is 18.7. The maximum Gasteiger partial charge on any atom is 0.433 e. The second-order valence-corrected chi connectivity index (χ2v) is 6.05. The van der Waals surface area contributed by atoms with Crippen molar-refractivity contribution in [2.24, 2.45) is 0 Å². The molecule has 1 fully saturated rings. The second-order valence-electron chi connectivity index (χ2n) is 6.05. The Morgan fingerprint density at radius 1 is 1.31 bits per heavy atom. The van der Waals surface area contributed by atoms with Crippen LogP contribution in [0.1, 0.15) is 35.9 Å². The Balaban J connectivity index is 1.57. The van der Waals surface area contributed by atoms with Gasteiger partial charge in [-0.2, -0.15) is 18.3 Å². The van der Waals surface area contributed by atoms with Gasteiger partial charge >= 0.3 is 6.18 Å². The predicted molar refractivity (Wildman–Crippen MR) is 87.6 cm³/mol. The van der Waals surface area contributed by atoms with Crippen LogP contribution in [0.15, 0.2) is 24.7 Å². The summed E-state index contributed by atoms with van der Waals surface area (Å²) in [5, 5.41) is 7.09. The molecular weight excluding hydrogens is 349 g/mol.